The van der Waals surface area contributed by atoms with Crippen LogP contribution in [0.1, 0.15) is 17.2 Å². The Morgan fingerprint density at radius 1 is 0.846 bits per heavy atom. The van der Waals surface area contributed by atoms with E-state index in [0.29, 0.717) is 11.1 Å². The van der Waals surface area contributed by atoms with Crippen molar-refractivity contribution in [2.75, 3.05) is 5.32 Å². The lowest BCUT2D eigenvalue weighted by atomic mass is 9.98. The second-order valence-electron chi connectivity index (χ2n) is 6.21. The molecule has 0 fully saturated rings. The summed E-state index contributed by atoms with van der Waals surface area (Å²) in [5.74, 6) is 0. The molecule has 0 spiro atoms. The van der Waals surface area contributed by atoms with E-state index in [2.05, 4.69) is 11.4 Å². The molecule has 0 amide bonds. The standard InChI is InChI=1S/C22H15NO2S/c24-22-19-20(14-8-2-1-3-9-14)23-16-11-5-7-13-18(16)26-21(19)15-10-4-6-12-17(15)25-22/h1-13,20,23H. The largest absolute Gasteiger partial charge is 0.422 e. The monoisotopic (exact) mass is 357 g/mol. The third-order valence-corrected chi connectivity index (χ3v) is 5.84. The highest BCUT2D eigenvalue weighted by molar-refractivity contribution is 7.99. The van der Waals surface area contributed by atoms with Gasteiger partial charge in [-0.2, -0.15) is 0 Å². The van der Waals surface area contributed by atoms with Crippen molar-refractivity contribution in [2.45, 2.75) is 15.8 Å². The normalized spacial score (nSPS) is 15.6. The molecule has 0 radical (unpaired) electrons. The lowest BCUT2D eigenvalue weighted by Crippen LogP contribution is -2.20. The summed E-state index contributed by atoms with van der Waals surface area (Å²) in [7, 11) is 0. The first-order chi connectivity index (χ1) is 12.8. The predicted molar refractivity (Wildman–Crippen MR) is 105 cm³/mol. The summed E-state index contributed by atoms with van der Waals surface area (Å²) in [5, 5.41) is 4.52. The van der Waals surface area contributed by atoms with Gasteiger partial charge in [0.05, 0.1) is 11.6 Å². The highest BCUT2D eigenvalue weighted by Crippen LogP contribution is 2.45. The average Bonchev–Trinajstić information content (AvgIpc) is 2.86. The zero-order valence-corrected chi connectivity index (χ0v) is 14.6. The third kappa shape index (κ3) is 2.42. The minimum absolute atomic E-state index is 0.261. The molecule has 3 nitrogen and oxygen atoms in total. The summed E-state index contributed by atoms with van der Waals surface area (Å²) in [5.41, 5.74) is 3.05. The topological polar surface area (TPSA) is 42.2 Å². The number of benzene rings is 3. The molecule has 0 bridgehead atoms. The van der Waals surface area contributed by atoms with Gasteiger partial charge in [-0.25, -0.2) is 4.79 Å². The van der Waals surface area contributed by atoms with E-state index in [0.717, 1.165) is 26.4 Å². The molecule has 126 valence electrons. The van der Waals surface area contributed by atoms with Crippen LogP contribution in [-0.4, -0.2) is 0 Å². The maximum absolute atomic E-state index is 12.9. The maximum atomic E-state index is 12.9. The van der Waals surface area contributed by atoms with Gasteiger partial charge in [0, 0.05) is 20.9 Å². The van der Waals surface area contributed by atoms with Crippen LogP contribution in [-0.2, 0) is 0 Å². The molecule has 4 heteroatoms. The minimum Gasteiger partial charge on any atom is -0.422 e. The molecule has 26 heavy (non-hydrogen) atoms. The van der Waals surface area contributed by atoms with Crippen molar-refractivity contribution in [3.8, 4) is 0 Å². The zero-order chi connectivity index (χ0) is 17.5. The van der Waals surface area contributed by atoms with E-state index in [1.54, 1.807) is 11.8 Å². The van der Waals surface area contributed by atoms with Gasteiger partial charge in [0.25, 0.3) is 0 Å². The third-order valence-electron chi connectivity index (χ3n) is 4.62. The number of nitrogens with one attached hydrogen (secondary N) is 1. The summed E-state index contributed by atoms with van der Waals surface area (Å²) in [6.45, 7) is 0. The molecule has 4 aromatic rings. The Kier molecular flexibility index (Phi) is 3.57. The molecule has 1 aliphatic heterocycles. The number of hydrogen-bond donors (Lipinski definition) is 1. The van der Waals surface area contributed by atoms with Crippen LogP contribution in [0.4, 0.5) is 5.69 Å². The van der Waals surface area contributed by atoms with Gasteiger partial charge >= 0.3 is 5.63 Å². The lowest BCUT2D eigenvalue weighted by molar-refractivity contribution is 0.542. The number of anilines is 1. The number of para-hydroxylation sites is 2. The molecule has 2 heterocycles. The molecular weight excluding hydrogens is 342 g/mol. The molecule has 1 atom stereocenters. The minimum atomic E-state index is -0.291. The maximum Gasteiger partial charge on any atom is 0.343 e. The van der Waals surface area contributed by atoms with Crippen LogP contribution in [0.3, 0.4) is 0 Å². The first kappa shape index (κ1) is 15.3. The van der Waals surface area contributed by atoms with Gasteiger partial charge in [0.1, 0.15) is 5.58 Å². The van der Waals surface area contributed by atoms with Crippen molar-refractivity contribution in [1.29, 1.82) is 0 Å². The van der Waals surface area contributed by atoms with Gasteiger partial charge in [0.15, 0.2) is 0 Å². The highest BCUT2D eigenvalue weighted by atomic mass is 32.2. The number of hydrogen-bond acceptors (Lipinski definition) is 4. The van der Waals surface area contributed by atoms with Crippen LogP contribution in [0.25, 0.3) is 11.0 Å². The van der Waals surface area contributed by atoms with Crippen molar-refractivity contribution < 1.29 is 4.42 Å². The van der Waals surface area contributed by atoms with E-state index in [1.165, 1.54) is 0 Å². The predicted octanol–water partition coefficient (Wildman–Crippen LogP) is 5.46. The van der Waals surface area contributed by atoms with Crippen LogP contribution in [0, 0.1) is 0 Å². The first-order valence-corrected chi connectivity index (χ1v) is 9.27. The molecule has 1 N–H and O–H groups in total. The van der Waals surface area contributed by atoms with Gasteiger partial charge in [-0.05, 0) is 23.8 Å². The van der Waals surface area contributed by atoms with Crippen LogP contribution in [0.2, 0.25) is 0 Å². The fourth-order valence-corrected chi connectivity index (χ4v) is 4.60. The Labute approximate surface area is 154 Å². The Morgan fingerprint density at radius 3 is 2.46 bits per heavy atom. The lowest BCUT2D eigenvalue weighted by Gasteiger charge is -2.19. The highest BCUT2D eigenvalue weighted by Gasteiger charge is 2.28. The summed E-state index contributed by atoms with van der Waals surface area (Å²) < 4.78 is 5.66. The van der Waals surface area contributed by atoms with Crippen molar-refractivity contribution >= 4 is 28.4 Å². The van der Waals surface area contributed by atoms with Crippen molar-refractivity contribution in [3.05, 3.63) is 100 Å². The molecule has 3 aromatic carbocycles. The zero-order valence-electron chi connectivity index (χ0n) is 13.8. The SMILES string of the molecule is O=c1oc2ccccc2c2c1C(c1ccccc1)Nc1ccccc1S2. The van der Waals surface area contributed by atoms with Gasteiger partial charge in [0.2, 0.25) is 0 Å². The van der Waals surface area contributed by atoms with Gasteiger partial charge in [-0.15, -0.1) is 0 Å². The second kappa shape index (κ2) is 6.07. The Morgan fingerprint density at radius 2 is 1.58 bits per heavy atom. The van der Waals surface area contributed by atoms with Gasteiger partial charge in [-0.1, -0.05) is 72.4 Å². The van der Waals surface area contributed by atoms with E-state index in [-0.39, 0.29) is 11.7 Å². The summed E-state index contributed by atoms with van der Waals surface area (Å²) in [6.07, 6.45) is 0. The fraction of sp³-hybridized carbons (Fsp3) is 0.0455. The molecule has 1 unspecified atom stereocenters. The van der Waals surface area contributed by atoms with Crippen LogP contribution in [0.5, 0.6) is 0 Å². The van der Waals surface area contributed by atoms with E-state index >= 15 is 0 Å². The van der Waals surface area contributed by atoms with Crippen LogP contribution < -0.4 is 10.9 Å². The second-order valence-corrected chi connectivity index (χ2v) is 7.27. The fourth-order valence-electron chi connectivity index (χ4n) is 3.40. The van der Waals surface area contributed by atoms with Crippen molar-refractivity contribution in [2.24, 2.45) is 0 Å². The first-order valence-electron chi connectivity index (χ1n) is 8.45. The van der Waals surface area contributed by atoms with E-state index in [1.807, 2.05) is 72.8 Å². The van der Waals surface area contributed by atoms with E-state index in [9.17, 15) is 4.79 Å². The summed E-state index contributed by atoms with van der Waals surface area (Å²) in [6, 6.07) is 25.6. The molecule has 0 saturated carbocycles. The Balaban J connectivity index is 1.86. The van der Waals surface area contributed by atoms with Crippen LogP contribution in [0.15, 0.2) is 97.9 Å². The van der Waals surface area contributed by atoms with Gasteiger partial charge < -0.3 is 9.73 Å². The van der Waals surface area contributed by atoms with Crippen molar-refractivity contribution in [1.82, 2.24) is 0 Å². The molecular formula is C22H15NO2S. The number of fused-ring (bicyclic) bond motifs is 4. The molecule has 0 saturated heterocycles. The molecule has 5 rings (SSSR count). The Bertz CT molecular complexity index is 1170. The van der Waals surface area contributed by atoms with E-state index < -0.39 is 0 Å². The smallest absolute Gasteiger partial charge is 0.343 e. The molecule has 1 aliphatic rings. The quantitative estimate of drug-likeness (QED) is 0.459. The summed E-state index contributed by atoms with van der Waals surface area (Å²) in [4.78, 5) is 15.0. The van der Waals surface area contributed by atoms with Gasteiger partial charge in [-0.3, -0.25) is 0 Å². The van der Waals surface area contributed by atoms with Crippen LogP contribution >= 0.6 is 11.8 Å². The van der Waals surface area contributed by atoms with E-state index in [4.69, 9.17) is 4.42 Å². The summed E-state index contributed by atoms with van der Waals surface area (Å²) >= 11 is 1.62. The number of rotatable bonds is 1. The molecule has 0 aliphatic carbocycles. The molecule has 1 aromatic heterocycles. The Hall–Kier alpha value is -2.98. The average molecular weight is 357 g/mol. The van der Waals surface area contributed by atoms with Crippen molar-refractivity contribution in [3.63, 3.8) is 0 Å².